The monoisotopic (exact) mass is 234 g/mol. The summed E-state index contributed by atoms with van der Waals surface area (Å²) in [5, 5.41) is 7.39. The Morgan fingerprint density at radius 1 is 1.41 bits per heavy atom. The molecule has 94 valence electrons. The van der Waals surface area contributed by atoms with Crippen molar-refractivity contribution in [1.29, 1.82) is 5.41 Å². The number of hydrogen-bond donors (Lipinski definition) is 2. The first-order valence-corrected chi connectivity index (χ1v) is 5.96. The quantitative estimate of drug-likeness (QED) is 0.606. The highest BCUT2D eigenvalue weighted by molar-refractivity contribution is 5.93. The molecule has 17 heavy (non-hydrogen) atoms. The Morgan fingerprint density at radius 3 is 2.59 bits per heavy atom. The van der Waals surface area contributed by atoms with Crippen molar-refractivity contribution < 1.29 is 0 Å². The van der Waals surface area contributed by atoms with Crippen LogP contribution >= 0.6 is 0 Å². The van der Waals surface area contributed by atoms with Crippen molar-refractivity contribution in [3.05, 3.63) is 23.9 Å². The molecule has 0 aromatic carbocycles. The summed E-state index contributed by atoms with van der Waals surface area (Å²) in [4.78, 5) is 6.51. The molecule has 0 aliphatic heterocycles. The number of hydrogen-bond acceptors (Lipinski definition) is 3. The molecule has 1 atom stereocenters. The van der Waals surface area contributed by atoms with Crippen LogP contribution in [-0.2, 0) is 0 Å². The second kappa shape index (κ2) is 5.66. The van der Waals surface area contributed by atoms with Gasteiger partial charge < -0.3 is 10.6 Å². The number of amidine groups is 1. The van der Waals surface area contributed by atoms with Crippen LogP contribution in [0.3, 0.4) is 0 Å². The Bertz CT molecular complexity index is 387. The molecule has 0 aliphatic carbocycles. The molecule has 0 radical (unpaired) electrons. The summed E-state index contributed by atoms with van der Waals surface area (Å²) in [7, 11) is 2.03. The largest absolute Gasteiger partial charge is 0.382 e. The smallest absolute Gasteiger partial charge is 0.141 e. The van der Waals surface area contributed by atoms with Crippen LogP contribution in [0.2, 0.25) is 0 Å². The normalized spacial score (nSPS) is 12.5. The number of nitrogens with one attached hydrogen (secondary N) is 1. The molecule has 4 nitrogen and oxygen atoms in total. The minimum atomic E-state index is 0.0109. The zero-order valence-electron chi connectivity index (χ0n) is 11.1. The number of aromatic nitrogens is 1. The Hall–Kier alpha value is -1.58. The van der Waals surface area contributed by atoms with Crippen molar-refractivity contribution in [2.75, 3.05) is 11.9 Å². The first kappa shape index (κ1) is 13.5. The average Bonchev–Trinajstić information content (AvgIpc) is 2.27. The maximum atomic E-state index is 7.39. The van der Waals surface area contributed by atoms with E-state index in [2.05, 4.69) is 30.7 Å². The number of nitrogens with two attached hydrogens (primary N) is 1. The third kappa shape index (κ3) is 3.73. The van der Waals surface area contributed by atoms with E-state index in [1.165, 1.54) is 0 Å². The molecule has 0 saturated heterocycles. The van der Waals surface area contributed by atoms with E-state index in [1.807, 2.05) is 19.2 Å². The number of rotatable bonds is 5. The summed E-state index contributed by atoms with van der Waals surface area (Å²) in [5.41, 5.74) is 5.98. The Morgan fingerprint density at radius 2 is 2.06 bits per heavy atom. The Kier molecular flexibility index (Phi) is 4.49. The molecule has 1 aromatic rings. The van der Waals surface area contributed by atoms with E-state index < -0.39 is 0 Å². The van der Waals surface area contributed by atoms with Crippen LogP contribution in [0.1, 0.15) is 32.9 Å². The molecule has 1 aromatic heterocycles. The molecule has 0 bridgehead atoms. The molecule has 3 N–H and O–H groups in total. The highest BCUT2D eigenvalue weighted by Crippen LogP contribution is 2.17. The Balaban J connectivity index is 2.84. The maximum absolute atomic E-state index is 7.39. The van der Waals surface area contributed by atoms with Gasteiger partial charge in [-0.3, -0.25) is 5.41 Å². The molecule has 0 fully saturated rings. The molecular formula is C13H22N4. The lowest BCUT2D eigenvalue weighted by Gasteiger charge is -2.27. The van der Waals surface area contributed by atoms with Gasteiger partial charge in [0.05, 0.1) is 0 Å². The SMILES string of the molecule is CC(C)CC(C)N(C)c1cccc(C(=N)N)n1. The van der Waals surface area contributed by atoms with Crippen LogP contribution in [0.15, 0.2) is 18.2 Å². The highest BCUT2D eigenvalue weighted by Gasteiger charge is 2.13. The van der Waals surface area contributed by atoms with E-state index >= 15 is 0 Å². The first-order chi connectivity index (χ1) is 7.91. The van der Waals surface area contributed by atoms with Gasteiger partial charge in [-0.25, -0.2) is 4.98 Å². The standard InChI is InChI=1S/C13H22N4/c1-9(2)8-10(3)17(4)12-7-5-6-11(16-12)13(14)15/h5-7,9-10H,8H2,1-4H3,(H3,14,15). The fourth-order valence-corrected chi connectivity index (χ4v) is 1.84. The second-order valence-electron chi connectivity index (χ2n) is 4.88. The van der Waals surface area contributed by atoms with Gasteiger partial charge in [-0.2, -0.15) is 0 Å². The van der Waals surface area contributed by atoms with Crippen molar-refractivity contribution >= 4 is 11.7 Å². The molecule has 1 unspecified atom stereocenters. The van der Waals surface area contributed by atoms with Crippen LogP contribution < -0.4 is 10.6 Å². The van der Waals surface area contributed by atoms with Gasteiger partial charge >= 0.3 is 0 Å². The lowest BCUT2D eigenvalue weighted by Crippen LogP contribution is -2.31. The molecule has 1 rings (SSSR count). The van der Waals surface area contributed by atoms with Gasteiger partial charge in [0, 0.05) is 13.1 Å². The van der Waals surface area contributed by atoms with Gasteiger partial charge in [-0.1, -0.05) is 19.9 Å². The molecule has 0 saturated carbocycles. The zero-order valence-corrected chi connectivity index (χ0v) is 11.1. The molecule has 1 heterocycles. The van der Waals surface area contributed by atoms with Crippen molar-refractivity contribution in [3.8, 4) is 0 Å². The molecule has 0 amide bonds. The summed E-state index contributed by atoms with van der Waals surface area (Å²) >= 11 is 0. The van der Waals surface area contributed by atoms with Gasteiger partial charge in [0.25, 0.3) is 0 Å². The first-order valence-electron chi connectivity index (χ1n) is 5.96. The van der Waals surface area contributed by atoms with Crippen LogP contribution in [0.5, 0.6) is 0 Å². The summed E-state index contributed by atoms with van der Waals surface area (Å²) < 4.78 is 0. The van der Waals surface area contributed by atoms with E-state index in [9.17, 15) is 0 Å². The Labute approximate surface area is 103 Å². The highest BCUT2D eigenvalue weighted by atomic mass is 15.2. The number of nitrogens with zero attached hydrogens (tertiary/aromatic N) is 2. The van der Waals surface area contributed by atoms with Crippen LogP contribution in [0, 0.1) is 11.3 Å². The number of pyridine rings is 1. The van der Waals surface area contributed by atoms with Gasteiger partial charge in [-0.05, 0) is 31.4 Å². The lowest BCUT2D eigenvalue weighted by atomic mass is 10.0. The van der Waals surface area contributed by atoms with Gasteiger partial charge in [0.2, 0.25) is 0 Å². The van der Waals surface area contributed by atoms with Crippen molar-refractivity contribution in [2.45, 2.75) is 33.2 Å². The van der Waals surface area contributed by atoms with E-state index in [1.54, 1.807) is 6.07 Å². The molecule has 0 spiro atoms. The van der Waals surface area contributed by atoms with Crippen LogP contribution in [0.4, 0.5) is 5.82 Å². The van der Waals surface area contributed by atoms with Gasteiger partial charge in [-0.15, -0.1) is 0 Å². The molecule has 0 aliphatic rings. The molecular weight excluding hydrogens is 212 g/mol. The fraction of sp³-hybridized carbons (Fsp3) is 0.538. The van der Waals surface area contributed by atoms with Crippen LogP contribution in [0.25, 0.3) is 0 Å². The van der Waals surface area contributed by atoms with E-state index in [-0.39, 0.29) is 5.84 Å². The number of anilines is 1. The van der Waals surface area contributed by atoms with Crippen molar-refractivity contribution in [2.24, 2.45) is 11.7 Å². The predicted molar refractivity (Wildman–Crippen MR) is 72.6 cm³/mol. The van der Waals surface area contributed by atoms with Gasteiger partial charge in [0.1, 0.15) is 17.3 Å². The van der Waals surface area contributed by atoms with E-state index in [0.29, 0.717) is 17.7 Å². The van der Waals surface area contributed by atoms with Crippen molar-refractivity contribution in [3.63, 3.8) is 0 Å². The minimum absolute atomic E-state index is 0.0109. The summed E-state index contributed by atoms with van der Waals surface area (Å²) in [5.74, 6) is 1.53. The van der Waals surface area contributed by atoms with E-state index in [0.717, 1.165) is 12.2 Å². The lowest BCUT2D eigenvalue weighted by molar-refractivity contribution is 0.502. The fourth-order valence-electron chi connectivity index (χ4n) is 1.84. The predicted octanol–water partition coefficient (Wildman–Crippen LogP) is 2.24. The number of nitrogen functional groups attached to an aromatic ring is 1. The maximum Gasteiger partial charge on any atom is 0.141 e. The summed E-state index contributed by atoms with van der Waals surface area (Å²) in [6.45, 7) is 6.61. The zero-order chi connectivity index (χ0) is 13.0. The molecule has 4 heteroatoms. The second-order valence-corrected chi connectivity index (χ2v) is 4.88. The summed E-state index contributed by atoms with van der Waals surface area (Å²) in [6.07, 6.45) is 1.11. The van der Waals surface area contributed by atoms with Gasteiger partial charge in [0.15, 0.2) is 0 Å². The third-order valence-corrected chi connectivity index (χ3v) is 2.85. The summed E-state index contributed by atoms with van der Waals surface area (Å²) in [6, 6.07) is 6.01. The van der Waals surface area contributed by atoms with Crippen molar-refractivity contribution in [1.82, 2.24) is 4.98 Å². The average molecular weight is 234 g/mol. The van der Waals surface area contributed by atoms with Crippen LogP contribution in [-0.4, -0.2) is 23.9 Å². The van der Waals surface area contributed by atoms with E-state index in [4.69, 9.17) is 11.1 Å². The minimum Gasteiger partial charge on any atom is -0.382 e. The third-order valence-electron chi connectivity index (χ3n) is 2.85. The topological polar surface area (TPSA) is 66.0 Å².